The molecule has 0 aliphatic heterocycles. The largest absolute Gasteiger partial charge is 0.293 e. The van der Waals surface area contributed by atoms with E-state index in [4.69, 9.17) is 0 Å². The molecule has 0 radical (unpaired) electrons. The van der Waals surface area contributed by atoms with Gasteiger partial charge in [0, 0.05) is 12.8 Å². The van der Waals surface area contributed by atoms with Gasteiger partial charge in [-0.05, 0) is 12.5 Å². The Morgan fingerprint density at radius 2 is 2.22 bits per heavy atom. The lowest BCUT2D eigenvalue weighted by molar-refractivity contribution is 0.937. The van der Waals surface area contributed by atoms with Gasteiger partial charge in [-0.15, -0.1) is 0 Å². The van der Waals surface area contributed by atoms with Crippen molar-refractivity contribution in [3.8, 4) is 0 Å². The molecule has 0 saturated heterocycles. The maximum Gasteiger partial charge on any atom is 0.0386 e. The molecule has 0 N–H and O–H groups in total. The number of allylic oxidation sites excluding steroid dienone is 3. The molecule has 9 heavy (non-hydrogen) atoms. The molecule has 0 amide bonds. The van der Waals surface area contributed by atoms with E-state index >= 15 is 0 Å². The molecule has 0 heterocycles. The third kappa shape index (κ3) is 7.15. The molecule has 0 aromatic heterocycles. The maximum absolute atomic E-state index is 4.07. The summed E-state index contributed by atoms with van der Waals surface area (Å²) >= 11 is 0. The van der Waals surface area contributed by atoms with Crippen LogP contribution >= 0.6 is 0 Å². The van der Waals surface area contributed by atoms with Crippen LogP contribution in [0.4, 0.5) is 0 Å². The summed E-state index contributed by atoms with van der Waals surface area (Å²) in [7, 11) is 0. The minimum atomic E-state index is 0.918. The van der Waals surface area contributed by atoms with E-state index in [2.05, 4.69) is 18.5 Å². The van der Waals surface area contributed by atoms with Crippen molar-refractivity contribution in [2.45, 2.75) is 13.3 Å². The average Bonchev–Trinajstić information content (AvgIpc) is 1.89. The average molecular weight is 123 g/mol. The van der Waals surface area contributed by atoms with Crippen molar-refractivity contribution in [2.24, 2.45) is 4.99 Å². The molecule has 0 saturated carbocycles. The molecule has 0 spiro atoms. The smallest absolute Gasteiger partial charge is 0.0386 e. The van der Waals surface area contributed by atoms with Gasteiger partial charge in [0.15, 0.2) is 0 Å². The van der Waals surface area contributed by atoms with Crippen LogP contribution < -0.4 is 0 Å². The van der Waals surface area contributed by atoms with E-state index in [1.54, 1.807) is 12.3 Å². The van der Waals surface area contributed by atoms with Crippen LogP contribution in [0.3, 0.4) is 0 Å². The number of nitrogens with zero attached hydrogens (tertiary/aromatic N) is 1. The summed E-state index contributed by atoms with van der Waals surface area (Å²) < 4.78 is 0. The molecule has 0 aromatic rings. The number of hydrogen-bond acceptors (Lipinski definition) is 1. The van der Waals surface area contributed by atoms with Gasteiger partial charge in [-0.2, -0.15) is 0 Å². The highest BCUT2D eigenvalue weighted by Gasteiger charge is 1.67. The van der Waals surface area contributed by atoms with Crippen molar-refractivity contribution < 1.29 is 0 Å². The van der Waals surface area contributed by atoms with E-state index in [0.29, 0.717) is 0 Å². The van der Waals surface area contributed by atoms with Crippen LogP contribution in [0.5, 0.6) is 0 Å². The summed E-state index contributed by atoms with van der Waals surface area (Å²) in [5.41, 5.74) is 0. The summed E-state index contributed by atoms with van der Waals surface area (Å²) in [6.45, 7) is 6.55. The zero-order chi connectivity index (χ0) is 6.95. The second-order valence-corrected chi connectivity index (χ2v) is 1.68. The summed E-state index contributed by atoms with van der Waals surface area (Å²) in [6, 6.07) is 0. The highest BCUT2D eigenvalue weighted by Crippen LogP contribution is 1.75. The first-order valence-electron chi connectivity index (χ1n) is 3.19. The monoisotopic (exact) mass is 123 g/mol. The van der Waals surface area contributed by atoms with Crippen molar-refractivity contribution in [1.82, 2.24) is 0 Å². The molecule has 0 unspecified atom stereocenters. The molecule has 0 aliphatic rings. The lowest BCUT2D eigenvalue weighted by atomic mass is 10.5. The summed E-state index contributed by atoms with van der Waals surface area (Å²) in [5, 5.41) is 0. The standard InChI is InChI=1S/C8H13N/c1-3-5-6-8-9-7-4-2/h3,5-6,8H,1,4,7H2,2H3/b6-5-,9-8-. The molecule has 1 heteroatoms. The molecule has 50 valence electrons. The second-order valence-electron chi connectivity index (χ2n) is 1.68. The van der Waals surface area contributed by atoms with Crippen LogP contribution in [-0.4, -0.2) is 12.8 Å². The van der Waals surface area contributed by atoms with E-state index in [0.717, 1.165) is 13.0 Å². The Bertz CT molecular complexity index is 112. The van der Waals surface area contributed by atoms with Gasteiger partial charge in [-0.3, -0.25) is 4.99 Å². The molecule has 0 aromatic carbocycles. The van der Waals surface area contributed by atoms with Crippen LogP contribution in [-0.2, 0) is 0 Å². The Kier molecular flexibility index (Phi) is 6.47. The predicted octanol–water partition coefficient (Wildman–Crippen LogP) is 2.21. The first-order valence-corrected chi connectivity index (χ1v) is 3.19. The second kappa shape index (κ2) is 7.15. The number of hydrogen-bond donors (Lipinski definition) is 0. The Morgan fingerprint density at radius 3 is 2.78 bits per heavy atom. The van der Waals surface area contributed by atoms with Crippen LogP contribution in [0.2, 0.25) is 0 Å². The lowest BCUT2D eigenvalue weighted by Crippen LogP contribution is -1.73. The molecule has 0 fully saturated rings. The SMILES string of the molecule is C=C/C=C\C=N/CCC. The Labute approximate surface area is 56.8 Å². The first kappa shape index (κ1) is 8.15. The van der Waals surface area contributed by atoms with E-state index in [-0.39, 0.29) is 0 Å². The van der Waals surface area contributed by atoms with Crippen molar-refractivity contribution in [2.75, 3.05) is 6.54 Å². The Morgan fingerprint density at radius 1 is 1.44 bits per heavy atom. The van der Waals surface area contributed by atoms with E-state index in [9.17, 15) is 0 Å². The Hall–Kier alpha value is -0.850. The molecular weight excluding hydrogens is 110 g/mol. The normalized spacial score (nSPS) is 11.2. The predicted molar refractivity (Wildman–Crippen MR) is 43.0 cm³/mol. The molecule has 0 atom stereocenters. The molecule has 0 bridgehead atoms. The minimum Gasteiger partial charge on any atom is -0.293 e. The van der Waals surface area contributed by atoms with Gasteiger partial charge in [0.05, 0.1) is 0 Å². The van der Waals surface area contributed by atoms with E-state index in [1.165, 1.54) is 0 Å². The summed E-state index contributed by atoms with van der Waals surface area (Å²) in [4.78, 5) is 4.07. The molecule has 1 nitrogen and oxygen atoms in total. The summed E-state index contributed by atoms with van der Waals surface area (Å²) in [5.74, 6) is 0. The maximum atomic E-state index is 4.07. The van der Waals surface area contributed by atoms with Gasteiger partial charge in [-0.25, -0.2) is 0 Å². The van der Waals surface area contributed by atoms with Gasteiger partial charge in [0.25, 0.3) is 0 Å². The minimum absolute atomic E-state index is 0.918. The van der Waals surface area contributed by atoms with Crippen molar-refractivity contribution in [3.63, 3.8) is 0 Å². The first-order chi connectivity index (χ1) is 4.41. The third-order valence-electron chi connectivity index (χ3n) is 0.791. The molecule has 0 aliphatic carbocycles. The summed E-state index contributed by atoms with van der Waals surface area (Å²) in [6.07, 6.45) is 8.38. The van der Waals surface area contributed by atoms with Crippen LogP contribution in [0.1, 0.15) is 13.3 Å². The highest BCUT2D eigenvalue weighted by molar-refractivity contribution is 5.71. The van der Waals surface area contributed by atoms with Crippen LogP contribution in [0.25, 0.3) is 0 Å². The van der Waals surface area contributed by atoms with Crippen molar-refractivity contribution in [1.29, 1.82) is 0 Å². The fraction of sp³-hybridized carbons (Fsp3) is 0.375. The quantitative estimate of drug-likeness (QED) is 0.401. The van der Waals surface area contributed by atoms with Crippen LogP contribution in [0.15, 0.2) is 29.8 Å². The fourth-order valence-electron chi connectivity index (χ4n) is 0.393. The fourth-order valence-corrected chi connectivity index (χ4v) is 0.393. The molecule has 0 rings (SSSR count). The molecular formula is C8H13N. The van der Waals surface area contributed by atoms with Gasteiger partial charge < -0.3 is 0 Å². The third-order valence-corrected chi connectivity index (χ3v) is 0.791. The highest BCUT2D eigenvalue weighted by atomic mass is 14.7. The lowest BCUT2D eigenvalue weighted by Gasteiger charge is -1.79. The van der Waals surface area contributed by atoms with Gasteiger partial charge in [0.1, 0.15) is 0 Å². The number of rotatable bonds is 4. The zero-order valence-corrected chi connectivity index (χ0v) is 5.88. The van der Waals surface area contributed by atoms with Crippen molar-refractivity contribution in [3.05, 3.63) is 24.8 Å². The zero-order valence-electron chi connectivity index (χ0n) is 5.88. The number of aliphatic imine (C=N–C) groups is 1. The van der Waals surface area contributed by atoms with Gasteiger partial charge in [-0.1, -0.05) is 25.7 Å². The van der Waals surface area contributed by atoms with Crippen molar-refractivity contribution >= 4 is 6.21 Å². The topological polar surface area (TPSA) is 12.4 Å². The Balaban J connectivity index is 3.23. The van der Waals surface area contributed by atoms with Gasteiger partial charge in [0.2, 0.25) is 0 Å². The van der Waals surface area contributed by atoms with E-state index < -0.39 is 0 Å². The van der Waals surface area contributed by atoms with Gasteiger partial charge >= 0.3 is 0 Å². The van der Waals surface area contributed by atoms with E-state index in [1.807, 2.05) is 12.2 Å². The van der Waals surface area contributed by atoms with Crippen LogP contribution in [0, 0.1) is 0 Å².